The fourth-order valence-electron chi connectivity index (χ4n) is 1.89. The van der Waals surface area contributed by atoms with Gasteiger partial charge in [0.05, 0.1) is 16.8 Å². The third-order valence-electron chi connectivity index (χ3n) is 2.92. The van der Waals surface area contributed by atoms with Gasteiger partial charge in [0, 0.05) is 12.6 Å². The zero-order chi connectivity index (χ0) is 14.5. The number of halogens is 1. The lowest BCUT2D eigenvalue weighted by Crippen LogP contribution is -2.02. The second-order valence-corrected chi connectivity index (χ2v) is 5.01. The summed E-state index contributed by atoms with van der Waals surface area (Å²) in [5.41, 5.74) is 1.97. The lowest BCUT2D eigenvalue weighted by atomic mass is 10.2. The number of aryl methyl sites for hydroxylation is 1. The van der Waals surface area contributed by atoms with Gasteiger partial charge in [-0.3, -0.25) is 0 Å². The summed E-state index contributed by atoms with van der Waals surface area (Å²) in [6.45, 7) is 4.71. The van der Waals surface area contributed by atoms with E-state index in [0.717, 1.165) is 39.5 Å². The number of nitrogens with zero attached hydrogens (tertiary/aromatic N) is 2. The smallest absolute Gasteiger partial charge is 0.161 e. The van der Waals surface area contributed by atoms with Crippen molar-refractivity contribution in [3.05, 3.63) is 34.4 Å². The highest BCUT2D eigenvalue weighted by atomic mass is 79.9. The maximum atomic E-state index is 5.44. The van der Waals surface area contributed by atoms with Gasteiger partial charge in [-0.2, -0.15) is 0 Å². The van der Waals surface area contributed by atoms with Gasteiger partial charge in [0.2, 0.25) is 0 Å². The highest BCUT2D eigenvalue weighted by Crippen LogP contribution is 2.28. The predicted octanol–water partition coefficient (Wildman–Crippen LogP) is 3.91. The molecule has 1 aromatic carbocycles. The van der Waals surface area contributed by atoms with E-state index in [1.54, 1.807) is 0 Å². The highest BCUT2D eigenvalue weighted by molar-refractivity contribution is 9.10. The summed E-state index contributed by atoms with van der Waals surface area (Å²) in [4.78, 5) is 9.14. The molecule has 106 valence electrons. The van der Waals surface area contributed by atoms with Gasteiger partial charge < -0.3 is 10.1 Å². The predicted molar refractivity (Wildman–Crippen MR) is 85.3 cm³/mol. The summed E-state index contributed by atoms with van der Waals surface area (Å²) >= 11 is 3.53. The summed E-state index contributed by atoms with van der Waals surface area (Å²) < 4.78 is 6.37. The van der Waals surface area contributed by atoms with Crippen molar-refractivity contribution in [1.29, 1.82) is 0 Å². The van der Waals surface area contributed by atoms with Gasteiger partial charge in [-0.05, 0) is 53.5 Å². The van der Waals surface area contributed by atoms with Crippen molar-refractivity contribution in [1.82, 2.24) is 9.97 Å². The molecule has 0 unspecified atom stereocenters. The number of rotatable bonds is 5. The van der Waals surface area contributed by atoms with Crippen molar-refractivity contribution in [3.63, 3.8) is 0 Å². The molecule has 0 amide bonds. The van der Waals surface area contributed by atoms with Crippen LogP contribution in [0.15, 0.2) is 28.7 Å². The van der Waals surface area contributed by atoms with Crippen molar-refractivity contribution in [2.75, 3.05) is 19.0 Å². The molecule has 1 aromatic heterocycles. The minimum absolute atomic E-state index is 0.665. The molecule has 0 aliphatic carbocycles. The Bertz CT molecular complexity index is 559. The minimum Gasteiger partial charge on any atom is -0.494 e. The van der Waals surface area contributed by atoms with Crippen LogP contribution < -0.4 is 10.1 Å². The molecular weight excluding hydrogens is 318 g/mol. The Morgan fingerprint density at radius 1 is 1.15 bits per heavy atom. The van der Waals surface area contributed by atoms with Crippen LogP contribution in [0.2, 0.25) is 0 Å². The van der Waals surface area contributed by atoms with Crippen LogP contribution in [0.3, 0.4) is 0 Å². The third kappa shape index (κ3) is 3.10. The molecule has 2 rings (SSSR count). The van der Waals surface area contributed by atoms with Crippen LogP contribution >= 0.6 is 15.9 Å². The molecule has 4 nitrogen and oxygen atoms in total. The van der Waals surface area contributed by atoms with E-state index in [1.807, 2.05) is 38.2 Å². The Hall–Kier alpha value is -1.62. The summed E-state index contributed by atoms with van der Waals surface area (Å²) in [6, 6.07) is 7.84. The van der Waals surface area contributed by atoms with E-state index in [1.165, 1.54) is 0 Å². The van der Waals surface area contributed by atoms with Crippen molar-refractivity contribution < 1.29 is 4.74 Å². The standard InChI is InChI=1S/C15H18BrN3O/c1-4-12-13(16)15(17-3)19-14(18-12)10-6-8-11(9-7-10)20-5-2/h6-9H,4-5H2,1-3H3,(H,17,18,19). The molecular formula is C15H18BrN3O. The van der Waals surface area contributed by atoms with Gasteiger partial charge >= 0.3 is 0 Å². The Morgan fingerprint density at radius 2 is 1.85 bits per heavy atom. The number of hydrogen-bond acceptors (Lipinski definition) is 4. The van der Waals surface area contributed by atoms with E-state index in [0.29, 0.717) is 6.61 Å². The van der Waals surface area contributed by atoms with E-state index < -0.39 is 0 Å². The molecule has 0 spiro atoms. The molecule has 20 heavy (non-hydrogen) atoms. The molecule has 5 heteroatoms. The quantitative estimate of drug-likeness (QED) is 0.899. The molecule has 0 radical (unpaired) electrons. The molecule has 0 saturated carbocycles. The Labute approximate surface area is 127 Å². The Kier molecular flexibility index (Phi) is 4.95. The molecule has 0 bridgehead atoms. The normalized spacial score (nSPS) is 10.4. The van der Waals surface area contributed by atoms with Crippen LogP contribution in [0.4, 0.5) is 5.82 Å². The van der Waals surface area contributed by atoms with E-state index in [4.69, 9.17) is 4.74 Å². The zero-order valence-corrected chi connectivity index (χ0v) is 13.5. The zero-order valence-electron chi connectivity index (χ0n) is 11.9. The van der Waals surface area contributed by atoms with Gasteiger partial charge in [-0.15, -0.1) is 0 Å². The number of benzene rings is 1. The average molecular weight is 336 g/mol. The van der Waals surface area contributed by atoms with Crippen molar-refractivity contribution >= 4 is 21.7 Å². The van der Waals surface area contributed by atoms with Gasteiger partial charge in [0.15, 0.2) is 5.82 Å². The first-order valence-electron chi connectivity index (χ1n) is 6.67. The van der Waals surface area contributed by atoms with Crippen LogP contribution in [0.25, 0.3) is 11.4 Å². The first-order chi connectivity index (χ1) is 9.69. The fraction of sp³-hybridized carbons (Fsp3) is 0.333. The summed E-state index contributed by atoms with van der Waals surface area (Å²) in [5, 5.41) is 3.09. The number of ether oxygens (including phenoxy) is 1. The third-order valence-corrected chi connectivity index (χ3v) is 3.75. The molecule has 0 fully saturated rings. The monoisotopic (exact) mass is 335 g/mol. The second-order valence-electron chi connectivity index (χ2n) is 4.22. The van der Waals surface area contributed by atoms with Gasteiger partial charge in [-0.1, -0.05) is 6.92 Å². The molecule has 2 aromatic rings. The number of hydrogen-bond donors (Lipinski definition) is 1. The molecule has 0 aliphatic heterocycles. The SMILES string of the molecule is CCOc1ccc(-c2nc(CC)c(Br)c(NC)n2)cc1. The van der Waals surface area contributed by atoms with Gasteiger partial charge in [0.25, 0.3) is 0 Å². The van der Waals surface area contributed by atoms with Crippen LogP contribution in [-0.4, -0.2) is 23.6 Å². The first-order valence-corrected chi connectivity index (χ1v) is 7.46. The van der Waals surface area contributed by atoms with Crippen LogP contribution in [0.1, 0.15) is 19.5 Å². The summed E-state index contributed by atoms with van der Waals surface area (Å²) in [6.07, 6.45) is 0.849. The summed E-state index contributed by atoms with van der Waals surface area (Å²) in [7, 11) is 1.86. The molecule has 0 aliphatic rings. The molecule has 0 saturated heterocycles. The van der Waals surface area contributed by atoms with Gasteiger partial charge in [-0.25, -0.2) is 9.97 Å². The molecule has 0 atom stereocenters. The fourth-order valence-corrected chi connectivity index (χ4v) is 2.55. The van der Waals surface area contributed by atoms with Crippen LogP contribution in [0.5, 0.6) is 5.75 Å². The molecule has 1 heterocycles. The average Bonchev–Trinajstić information content (AvgIpc) is 2.49. The van der Waals surface area contributed by atoms with Crippen LogP contribution in [-0.2, 0) is 6.42 Å². The van der Waals surface area contributed by atoms with Crippen molar-refractivity contribution in [3.8, 4) is 17.1 Å². The number of nitrogens with one attached hydrogen (secondary N) is 1. The van der Waals surface area contributed by atoms with Crippen molar-refractivity contribution in [2.24, 2.45) is 0 Å². The number of aromatic nitrogens is 2. The minimum atomic E-state index is 0.665. The lowest BCUT2D eigenvalue weighted by Gasteiger charge is -2.10. The van der Waals surface area contributed by atoms with E-state index >= 15 is 0 Å². The van der Waals surface area contributed by atoms with Gasteiger partial charge in [0.1, 0.15) is 11.6 Å². The van der Waals surface area contributed by atoms with E-state index in [2.05, 4.69) is 38.1 Å². The summed E-state index contributed by atoms with van der Waals surface area (Å²) in [5.74, 6) is 2.39. The maximum absolute atomic E-state index is 5.44. The maximum Gasteiger partial charge on any atom is 0.161 e. The second kappa shape index (κ2) is 6.70. The largest absolute Gasteiger partial charge is 0.494 e. The van der Waals surface area contributed by atoms with Crippen molar-refractivity contribution in [2.45, 2.75) is 20.3 Å². The van der Waals surface area contributed by atoms with E-state index in [-0.39, 0.29) is 0 Å². The molecule has 1 N–H and O–H groups in total. The lowest BCUT2D eigenvalue weighted by molar-refractivity contribution is 0.340. The van der Waals surface area contributed by atoms with Crippen LogP contribution in [0, 0.1) is 0 Å². The van der Waals surface area contributed by atoms with E-state index in [9.17, 15) is 0 Å². The number of anilines is 1. The first kappa shape index (κ1) is 14.8. The highest BCUT2D eigenvalue weighted by Gasteiger charge is 2.11. The Balaban J connectivity index is 2.41. The Morgan fingerprint density at radius 3 is 2.40 bits per heavy atom. The topological polar surface area (TPSA) is 47.0 Å².